The van der Waals surface area contributed by atoms with Crippen molar-refractivity contribution in [1.29, 1.82) is 0 Å². The first kappa shape index (κ1) is 25.3. The zero-order chi connectivity index (χ0) is 26.1. The summed E-state index contributed by atoms with van der Waals surface area (Å²) in [6, 6.07) is 5.71. The standard InChI is InChI=1S/C27H34N4O6/c1-37-23-7-3-6-19-18(23)13-21(29-19)27(36)31-14-16-4-2-5-17(16)24(31)26(35)30-20(22(33)9-11-32)12-15-8-10-28-25(15)34/h3,6-7,13,15-17,20,24,29,32H,2,4-5,8-12,14H2,1H3,(H,28,34)(H,30,35)/t15-,16-,17-,20?,24-/m0/s1. The van der Waals surface area contributed by atoms with E-state index in [0.29, 0.717) is 31.0 Å². The normalized spacial score (nSPS) is 25.7. The summed E-state index contributed by atoms with van der Waals surface area (Å²) < 4.78 is 5.43. The molecule has 3 amide bonds. The molecule has 1 aromatic heterocycles. The molecule has 3 heterocycles. The number of aliphatic hydroxyl groups excluding tert-OH is 1. The van der Waals surface area contributed by atoms with Crippen molar-refractivity contribution >= 4 is 34.4 Å². The molecule has 10 heteroatoms. The fourth-order valence-electron chi connectivity index (χ4n) is 6.39. The predicted octanol–water partition coefficient (Wildman–Crippen LogP) is 1.38. The van der Waals surface area contributed by atoms with Crippen molar-refractivity contribution in [2.75, 3.05) is 26.8 Å². The Kier molecular flexibility index (Phi) is 7.19. The van der Waals surface area contributed by atoms with E-state index in [4.69, 9.17) is 4.74 Å². The first-order valence-corrected chi connectivity index (χ1v) is 13.1. The van der Waals surface area contributed by atoms with Crippen LogP contribution in [-0.4, -0.2) is 77.4 Å². The van der Waals surface area contributed by atoms with Crippen molar-refractivity contribution in [3.63, 3.8) is 0 Å². The van der Waals surface area contributed by atoms with Gasteiger partial charge < -0.3 is 30.4 Å². The van der Waals surface area contributed by atoms with Crippen LogP contribution in [0.4, 0.5) is 0 Å². The Hall–Kier alpha value is -3.40. The third-order valence-corrected chi connectivity index (χ3v) is 8.24. The molecule has 1 saturated carbocycles. The SMILES string of the molecule is COc1cccc2[nH]c(C(=O)N3C[C@@H]4CCC[C@@H]4[C@H]3C(=O)NC(C[C@@H]3CCNC3=O)C(=O)CCO)cc12. The van der Waals surface area contributed by atoms with E-state index in [-0.39, 0.29) is 60.7 Å². The topological polar surface area (TPSA) is 141 Å². The van der Waals surface area contributed by atoms with Crippen LogP contribution in [0.25, 0.3) is 10.9 Å². The number of hydrogen-bond donors (Lipinski definition) is 4. The number of rotatable bonds is 9. The Bertz CT molecular complexity index is 1210. The van der Waals surface area contributed by atoms with E-state index < -0.39 is 12.1 Å². The van der Waals surface area contributed by atoms with Crippen molar-refractivity contribution in [2.45, 2.75) is 50.6 Å². The van der Waals surface area contributed by atoms with E-state index in [1.165, 1.54) is 0 Å². The second-order valence-electron chi connectivity index (χ2n) is 10.4. The lowest BCUT2D eigenvalue weighted by molar-refractivity contribution is -0.132. The highest BCUT2D eigenvalue weighted by Gasteiger charge is 2.50. The molecule has 37 heavy (non-hydrogen) atoms. The van der Waals surface area contributed by atoms with Gasteiger partial charge in [-0.25, -0.2) is 0 Å². The lowest BCUT2D eigenvalue weighted by atomic mass is 9.91. The van der Waals surface area contributed by atoms with E-state index in [0.717, 1.165) is 30.2 Å². The van der Waals surface area contributed by atoms with E-state index in [9.17, 15) is 24.3 Å². The number of carbonyl (C=O) groups excluding carboxylic acids is 4. The van der Waals surface area contributed by atoms with Gasteiger partial charge in [0.1, 0.15) is 17.5 Å². The molecule has 5 rings (SSSR count). The van der Waals surface area contributed by atoms with E-state index in [1.807, 2.05) is 18.2 Å². The number of nitrogens with zero attached hydrogens (tertiary/aromatic N) is 1. The van der Waals surface area contributed by atoms with Gasteiger partial charge in [0.25, 0.3) is 5.91 Å². The molecule has 3 fully saturated rings. The molecule has 10 nitrogen and oxygen atoms in total. The second kappa shape index (κ2) is 10.5. The zero-order valence-corrected chi connectivity index (χ0v) is 21.0. The van der Waals surface area contributed by atoms with Gasteiger partial charge in [0, 0.05) is 36.3 Å². The highest BCUT2D eigenvalue weighted by Crippen LogP contribution is 2.43. The van der Waals surface area contributed by atoms with Crippen LogP contribution in [-0.2, 0) is 14.4 Å². The quantitative estimate of drug-likeness (QED) is 0.402. The van der Waals surface area contributed by atoms with Crippen molar-refractivity contribution < 1.29 is 29.0 Å². The summed E-state index contributed by atoms with van der Waals surface area (Å²) in [6.07, 6.45) is 3.48. The highest BCUT2D eigenvalue weighted by molar-refractivity contribution is 6.02. The number of ketones is 1. The summed E-state index contributed by atoms with van der Waals surface area (Å²) in [5, 5.41) is 15.8. The minimum Gasteiger partial charge on any atom is -0.496 e. The second-order valence-corrected chi connectivity index (χ2v) is 10.4. The van der Waals surface area contributed by atoms with Gasteiger partial charge in [-0.05, 0) is 55.7 Å². The summed E-state index contributed by atoms with van der Waals surface area (Å²) in [5.41, 5.74) is 1.15. The van der Waals surface area contributed by atoms with E-state index in [2.05, 4.69) is 15.6 Å². The number of aromatic amines is 1. The summed E-state index contributed by atoms with van der Waals surface area (Å²) in [4.78, 5) is 57.2. The molecule has 2 saturated heterocycles. The number of Topliss-reactive ketones (excluding diaryl/α,β-unsaturated/α-hetero) is 1. The van der Waals surface area contributed by atoms with Crippen LogP contribution in [0.2, 0.25) is 0 Å². The lowest BCUT2D eigenvalue weighted by Crippen LogP contribution is -2.53. The van der Waals surface area contributed by atoms with Gasteiger partial charge in [-0.15, -0.1) is 0 Å². The number of likely N-dealkylation sites (tertiary alicyclic amines) is 1. The third kappa shape index (κ3) is 4.82. The number of ether oxygens (including phenoxy) is 1. The number of hydrogen-bond acceptors (Lipinski definition) is 6. The molecule has 5 atom stereocenters. The number of fused-ring (bicyclic) bond motifs is 2. The molecule has 4 N–H and O–H groups in total. The third-order valence-electron chi connectivity index (χ3n) is 8.24. The Morgan fingerprint density at radius 1 is 1.24 bits per heavy atom. The van der Waals surface area contributed by atoms with Crippen LogP contribution in [0.3, 0.4) is 0 Å². The Morgan fingerprint density at radius 3 is 2.81 bits per heavy atom. The average molecular weight is 511 g/mol. The highest BCUT2D eigenvalue weighted by atomic mass is 16.5. The zero-order valence-electron chi connectivity index (χ0n) is 21.0. The van der Waals surface area contributed by atoms with Gasteiger partial charge in [0.15, 0.2) is 5.78 Å². The van der Waals surface area contributed by atoms with Crippen LogP contribution in [0.1, 0.15) is 49.0 Å². The van der Waals surface area contributed by atoms with Gasteiger partial charge >= 0.3 is 0 Å². The van der Waals surface area contributed by atoms with Crippen LogP contribution < -0.4 is 15.4 Å². The molecule has 2 aromatic rings. The summed E-state index contributed by atoms with van der Waals surface area (Å²) in [5.74, 6) is -0.531. The molecule has 198 valence electrons. The molecule has 1 aromatic carbocycles. The van der Waals surface area contributed by atoms with Crippen molar-refractivity contribution in [1.82, 2.24) is 20.5 Å². The minimum absolute atomic E-state index is 0.0197. The Morgan fingerprint density at radius 2 is 2.08 bits per heavy atom. The first-order valence-electron chi connectivity index (χ1n) is 13.1. The van der Waals surface area contributed by atoms with Crippen molar-refractivity contribution in [3.05, 3.63) is 30.0 Å². The molecule has 2 aliphatic heterocycles. The largest absolute Gasteiger partial charge is 0.496 e. The van der Waals surface area contributed by atoms with Gasteiger partial charge in [0.05, 0.1) is 19.8 Å². The number of nitrogens with one attached hydrogen (secondary N) is 3. The fraction of sp³-hybridized carbons (Fsp3) is 0.556. The van der Waals surface area contributed by atoms with Crippen LogP contribution in [0, 0.1) is 17.8 Å². The molecule has 1 unspecified atom stereocenters. The fourth-order valence-corrected chi connectivity index (χ4v) is 6.39. The predicted molar refractivity (Wildman–Crippen MR) is 135 cm³/mol. The number of H-pyrrole nitrogens is 1. The van der Waals surface area contributed by atoms with Gasteiger partial charge in [-0.3, -0.25) is 19.2 Å². The Balaban J connectivity index is 1.39. The number of benzene rings is 1. The van der Waals surface area contributed by atoms with Crippen LogP contribution in [0.15, 0.2) is 24.3 Å². The number of amides is 3. The van der Waals surface area contributed by atoms with Crippen molar-refractivity contribution in [3.8, 4) is 5.75 Å². The number of carbonyl (C=O) groups is 4. The van der Waals surface area contributed by atoms with Crippen molar-refractivity contribution in [2.24, 2.45) is 17.8 Å². The maximum Gasteiger partial charge on any atom is 0.271 e. The Labute approximate surface area is 215 Å². The lowest BCUT2D eigenvalue weighted by Gasteiger charge is -2.29. The van der Waals surface area contributed by atoms with Gasteiger partial charge in [-0.1, -0.05) is 12.5 Å². The molecule has 0 radical (unpaired) electrons. The number of aromatic nitrogens is 1. The summed E-state index contributed by atoms with van der Waals surface area (Å²) >= 11 is 0. The summed E-state index contributed by atoms with van der Waals surface area (Å²) in [7, 11) is 1.58. The molecule has 0 spiro atoms. The van der Waals surface area contributed by atoms with Crippen LogP contribution >= 0.6 is 0 Å². The maximum atomic E-state index is 13.7. The number of methoxy groups -OCH3 is 1. The van der Waals surface area contributed by atoms with Gasteiger partial charge in [-0.2, -0.15) is 0 Å². The minimum atomic E-state index is -0.886. The van der Waals surface area contributed by atoms with Crippen LogP contribution in [0.5, 0.6) is 5.75 Å². The maximum absolute atomic E-state index is 13.7. The van der Waals surface area contributed by atoms with E-state index in [1.54, 1.807) is 18.1 Å². The first-order chi connectivity index (χ1) is 17.9. The monoisotopic (exact) mass is 510 g/mol. The van der Waals surface area contributed by atoms with E-state index >= 15 is 0 Å². The summed E-state index contributed by atoms with van der Waals surface area (Å²) in [6.45, 7) is 0.696. The molecule has 3 aliphatic rings. The molecular formula is C27H34N4O6. The molecule has 0 bridgehead atoms. The smallest absolute Gasteiger partial charge is 0.271 e. The molecular weight excluding hydrogens is 476 g/mol. The molecule has 1 aliphatic carbocycles. The van der Waals surface area contributed by atoms with Gasteiger partial charge in [0.2, 0.25) is 11.8 Å². The number of aliphatic hydroxyl groups is 1. The average Bonchev–Trinajstić information content (AvgIpc) is 3.66.